The Morgan fingerprint density at radius 1 is 1.24 bits per heavy atom. The molecule has 0 aliphatic rings. The minimum absolute atomic E-state index is 0.223. The van der Waals surface area contributed by atoms with Crippen LogP contribution in [0.25, 0.3) is 22.4 Å². The molecule has 0 saturated carbocycles. The molecule has 108 valence electrons. The lowest BCUT2D eigenvalue weighted by Crippen LogP contribution is -2.11. The van der Waals surface area contributed by atoms with Crippen LogP contribution >= 0.6 is 11.8 Å². The van der Waals surface area contributed by atoms with E-state index in [9.17, 15) is 0 Å². The highest BCUT2D eigenvalue weighted by Crippen LogP contribution is 2.22. The highest BCUT2D eigenvalue weighted by molar-refractivity contribution is 7.98. The van der Waals surface area contributed by atoms with E-state index in [1.54, 1.807) is 24.2 Å². The van der Waals surface area contributed by atoms with Crippen molar-refractivity contribution in [3.05, 3.63) is 36.5 Å². The third kappa shape index (κ3) is 3.03. The number of hydrogen-bond donors (Lipinski definition) is 1. The first-order chi connectivity index (χ1) is 10.3. The molecule has 1 aromatic carbocycles. The lowest BCUT2D eigenvalue weighted by molar-refractivity contribution is 0.353. The molecule has 0 bridgehead atoms. The Bertz CT molecular complexity index is 745. The molecule has 0 fully saturated rings. The molecule has 1 atom stereocenters. The Kier molecular flexibility index (Phi) is 4.12. The molecule has 3 aromatic rings. The molecule has 7 heteroatoms. The molecule has 1 unspecified atom stereocenters. The van der Waals surface area contributed by atoms with Crippen LogP contribution in [0.5, 0.6) is 0 Å². The van der Waals surface area contributed by atoms with Crippen LogP contribution in [0.2, 0.25) is 0 Å². The molecule has 2 aromatic heterocycles. The quantitative estimate of drug-likeness (QED) is 0.773. The summed E-state index contributed by atoms with van der Waals surface area (Å²) < 4.78 is 5.26. The van der Waals surface area contributed by atoms with Crippen LogP contribution in [-0.2, 0) is 0 Å². The predicted octanol–water partition coefficient (Wildman–Crippen LogP) is 2.43. The molecule has 21 heavy (non-hydrogen) atoms. The summed E-state index contributed by atoms with van der Waals surface area (Å²) >= 11 is 1.74. The van der Waals surface area contributed by atoms with E-state index in [1.165, 1.54) is 0 Å². The topological polar surface area (TPSA) is 90.7 Å². The number of fused-ring (bicyclic) bond motifs is 1. The first-order valence-corrected chi connectivity index (χ1v) is 7.96. The van der Waals surface area contributed by atoms with Gasteiger partial charge in [0.2, 0.25) is 11.7 Å². The van der Waals surface area contributed by atoms with Crippen molar-refractivity contribution in [1.82, 2.24) is 20.1 Å². The van der Waals surface area contributed by atoms with Crippen molar-refractivity contribution in [2.24, 2.45) is 5.73 Å². The van der Waals surface area contributed by atoms with E-state index in [1.807, 2.05) is 24.5 Å². The average Bonchev–Trinajstić information content (AvgIpc) is 3.02. The van der Waals surface area contributed by atoms with Crippen LogP contribution < -0.4 is 5.73 Å². The standard InChI is InChI=1S/C14H15N5OS/c1-21-7-4-10(15)14-18-13(19-20-14)9-2-3-11-12(8-9)17-6-5-16-11/h2-3,5-6,8,10H,4,7,15H2,1H3. The Labute approximate surface area is 126 Å². The van der Waals surface area contributed by atoms with E-state index in [-0.39, 0.29) is 6.04 Å². The molecule has 0 saturated heterocycles. The van der Waals surface area contributed by atoms with Gasteiger partial charge >= 0.3 is 0 Å². The van der Waals surface area contributed by atoms with Gasteiger partial charge in [-0.15, -0.1) is 0 Å². The predicted molar refractivity (Wildman–Crippen MR) is 82.8 cm³/mol. The largest absolute Gasteiger partial charge is 0.337 e. The van der Waals surface area contributed by atoms with Gasteiger partial charge in [-0.2, -0.15) is 16.7 Å². The van der Waals surface area contributed by atoms with E-state index in [2.05, 4.69) is 20.1 Å². The van der Waals surface area contributed by atoms with Crippen molar-refractivity contribution in [3.63, 3.8) is 0 Å². The second kappa shape index (κ2) is 6.19. The van der Waals surface area contributed by atoms with Crippen LogP contribution in [0.3, 0.4) is 0 Å². The molecule has 3 rings (SSSR count). The summed E-state index contributed by atoms with van der Waals surface area (Å²) in [7, 11) is 0. The Balaban J connectivity index is 1.87. The van der Waals surface area contributed by atoms with E-state index in [0.717, 1.165) is 28.8 Å². The van der Waals surface area contributed by atoms with Crippen molar-refractivity contribution < 1.29 is 4.52 Å². The van der Waals surface area contributed by atoms with Crippen LogP contribution in [0.4, 0.5) is 0 Å². The molecule has 0 radical (unpaired) electrons. The molecule has 2 heterocycles. The number of nitrogens with two attached hydrogens (primary N) is 1. The van der Waals surface area contributed by atoms with Crippen LogP contribution in [-0.4, -0.2) is 32.1 Å². The second-order valence-electron chi connectivity index (χ2n) is 4.60. The zero-order chi connectivity index (χ0) is 14.7. The van der Waals surface area contributed by atoms with Crippen LogP contribution in [0.1, 0.15) is 18.4 Å². The molecule has 0 amide bonds. The number of benzene rings is 1. The van der Waals surface area contributed by atoms with Crippen molar-refractivity contribution >= 4 is 22.8 Å². The summed E-state index contributed by atoms with van der Waals surface area (Å²) in [4.78, 5) is 12.9. The summed E-state index contributed by atoms with van der Waals surface area (Å²) in [5.41, 5.74) is 8.51. The Morgan fingerprint density at radius 3 is 2.86 bits per heavy atom. The molecular weight excluding hydrogens is 286 g/mol. The van der Waals surface area contributed by atoms with Crippen molar-refractivity contribution in [2.75, 3.05) is 12.0 Å². The van der Waals surface area contributed by atoms with Gasteiger partial charge in [0, 0.05) is 18.0 Å². The zero-order valence-electron chi connectivity index (χ0n) is 11.6. The fourth-order valence-corrected chi connectivity index (χ4v) is 2.46. The van der Waals surface area contributed by atoms with Gasteiger partial charge in [0.1, 0.15) is 0 Å². The van der Waals surface area contributed by atoms with Gasteiger partial charge in [-0.25, -0.2) is 0 Å². The number of rotatable bonds is 5. The molecule has 0 aliphatic heterocycles. The fourth-order valence-electron chi connectivity index (χ4n) is 1.97. The highest BCUT2D eigenvalue weighted by Gasteiger charge is 2.15. The van der Waals surface area contributed by atoms with Gasteiger partial charge < -0.3 is 10.3 Å². The maximum Gasteiger partial charge on any atom is 0.243 e. The Morgan fingerprint density at radius 2 is 2.05 bits per heavy atom. The number of aromatic nitrogens is 4. The van der Waals surface area contributed by atoms with Crippen molar-refractivity contribution in [3.8, 4) is 11.4 Å². The minimum atomic E-state index is -0.223. The molecule has 0 aliphatic carbocycles. The number of hydrogen-bond acceptors (Lipinski definition) is 7. The highest BCUT2D eigenvalue weighted by atomic mass is 32.2. The van der Waals surface area contributed by atoms with E-state index >= 15 is 0 Å². The van der Waals surface area contributed by atoms with Gasteiger partial charge in [-0.3, -0.25) is 9.97 Å². The molecule has 0 spiro atoms. The van der Waals surface area contributed by atoms with Crippen molar-refractivity contribution in [2.45, 2.75) is 12.5 Å². The summed E-state index contributed by atoms with van der Waals surface area (Å²) in [5, 5.41) is 4.00. The molecule has 6 nitrogen and oxygen atoms in total. The van der Waals surface area contributed by atoms with E-state index in [0.29, 0.717) is 11.7 Å². The number of nitrogens with zero attached hydrogens (tertiary/aromatic N) is 4. The van der Waals surface area contributed by atoms with E-state index < -0.39 is 0 Å². The maximum atomic E-state index is 6.03. The van der Waals surface area contributed by atoms with Crippen LogP contribution in [0.15, 0.2) is 35.1 Å². The van der Waals surface area contributed by atoms with Gasteiger partial charge in [0.15, 0.2) is 0 Å². The lowest BCUT2D eigenvalue weighted by atomic mass is 10.2. The SMILES string of the molecule is CSCCC(N)c1nc(-c2ccc3nccnc3c2)no1. The summed E-state index contributed by atoms with van der Waals surface area (Å²) in [6.07, 6.45) is 6.18. The van der Waals surface area contributed by atoms with E-state index in [4.69, 9.17) is 10.3 Å². The summed E-state index contributed by atoms with van der Waals surface area (Å²) in [6, 6.07) is 5.46. The van der Waals surface area contributed by atoms with Gasteiger partial charge in [0.25, 0.3) is 0 Å². The maximum absolute atomic E-state index is 6.03. The van der Waals surface area contributed by atoms with Crippen LogP contribution in [0, 0.1) is 0 Å². The van der Waals surface area contributed by atoms with Gasteiger partial charge in [-0.1, -0.05) is 5.16 Å². The lowest BCUT2D eigenvalue weighted by Gasteiger charge is -2.03. The molecular formula is C14H15N5OS. The monoisotopic (exact) mass is 301 g/mol. The number of thioether (sulfide) groups is 1. The first-order valence-electron chi connectivity index (χ1n) is 6.57. The molecule has 2 N–H and O–H groups in total. The van der Waals surface area contributed by atoms with Gasteiger partial charge in [-0.05, 0) is 36.6 Å². The minimum Gasteiger partial charge on any atom is -0.337 e. The third-order valence-electron chi connectivity index (χ3n) is 3.12. The Hall–Kier alpha value is -1.99. The zero-order valence-corrected chi connectivity index (χ0v) is 12.4. The van der Waals surface area contributed by atoms with Gasteiger partial charge in [0.05, 0.1) is 17.1 Å². The smallest absolute Gasteiger partial charge is 0.243 e. The summed E-state index contributed by atoms with van der Waals surface area (Å²) in [5.74, 6) is 1.96. The third-order valence-corrected chi connectivity index (χ3v) is 3.76. The second-order valence-corrected chi connectivity index (χ2v) is 5.59. The first kappa shape index (κ1) is 14.0. The fraction of sp³-hybridized carbons (Fsp3) is 0.286. The average molecular weight is 301 g/mol. The normalized spacial score (nSPS) is 12.7. The van der Waals surface area contributed by atoms with Crippen molar-refractivity contribution in [1.29, 1.82) is 0 Å². The summed E-state index contributed by atoms with van der Waals surface area (Å²) in [6.45, 7) is 0.